The van der Waals surface area contributed by atoms with Gasteiger partial charge in [-0.3, -0.25) is 9.78 Å². The average molecular weight is 288 g/mol. The van der Waals surface area contributed by atoms with Crippen LogP contribution in [0.25, 0.3) is 0 Å². The first-order valence-corrected chi connectivity index (χ1v) is 7.96. The van der Waals surface area contributed by atoms with E-state index in [1.54, 1.807) is 6.20 Å². The van der Waals surface area contributed by atoms with Crippen LogP contribution in [0.4, 0.5) is 0 Å². The molecule has 0 aliphatic carbocycles. The highest BCUT2D eigenvalue weighted by molar-refractivity contribution is 5.94. The van der Waals surface area contributed by atoms with Crippen LogP contribution in [0.5, 0.6) is 0 Å². The van der Waals surface area contributed by atoms with E-state index in [1.807, 2.05) is 24.8 Å². The zero-order chi connectivity index (χ0) is 14.9. The Morgan fingerprint density at radius 1 is 1.24 bits per heavy atom. The summed E-state index contributed by atoms with van der Waals surface area (Å²) in [4.78, 5) is 19.0. The molecule has 2 aliphatic heterocycles. The molecule has 3 rings (SSSR count). The van der Waals surface area contributed by atoms with E-state index in [2.05, 4.69) is 4.98 Å². The lowest BCUT2D eigenvalue weighted by Crippen LogP contribution is -2.34. The van der Waals surface area contributed by atoms with Gasteiger partial charge in [-0.2, -0.15) is 0 Å². The summed E-state index contributed by atoms with van der Waals surface area (Å²) in [5, 5.41) is 0. The molecule has 2 aliphatic rings. The summed E-state index contributed by atoms with van der Waals surface area (Å²) in [7, 11) is 0. The highest BCUT2D eigenvalue weighted by atomic mass is 16.5. The second kappa shape index (κ2) is 5.76. The fourth-order valence-corrected chi connectivity index (χ4v) is 3.46. The van der Waals surface area contributed by atoms with Crippen LogP contribution in [0, 0.1) is 13.8 Å². The highest BCUT2D eigenvalue weighted by Crippen LogP contribution is 2.35. The van der Waals surface area contributed by atoms with Gasteiger partial charge in [-0.25, -0.2) is 0 Å². The van der Waals surface area contributed by atoms with E-state index in [0.29, 0.717) is 5.56 Å². The second-order valence-electron chi connectivity index (χ2n) is 6.41. The fraction of sp³-hybridized carbons (Fsp3) is 0.647. The first kappa shape index (κ1) is 14.5. The minimum absolute atomic E-state index is 0.0521. The van der Waals surface area contributed by atoms with Crippen molar-refractivity contribution in [3.8, 4) is 0 Å². The number of rotatable bonds is 1. The van der Waals surface area contributed by atoms with Gasteiger partial charge < -0.3 is 9.64 Å². The number of hydrogen-bond donors (Lipinski definition) is 0. The first-order valence-electron chi connectivity index (χ1n) is 7.96. The molecule has 1 atom stereocenters. The Hall–Kier alpha value is -1.42. The standard InChI is InChI=1S/C17H24N2O2/c1-13-11-15(12-18-14(13)2)16(20)19-8-3-5-17(7-9-19)6-4-10-21-17/h11-12H,3-10H2,1-2H3. The van der Waals surface area contributed by atoms with Crippen molar-refractivity contribution in [3.05, 3.63) is 29.1 Å². The lowest BCUT2D eigenvalue weighted by molar-refractivity contribution is -0.00691. The molecule has 1 aromatic rings. The normalized spacial score (nSPS) is 26.1. The van der Waals surface area contributed by atoms with Crippen LogP contribution in [0.15, 0.2) is 12.3 Å². The number of carbonyl (C=O) groups is 1. The lowest BCUT2D eigenvalue weighted by atomic mass is 9.92. The van der Waals surface area contributed by atoms with E-state index >= 15 is 0 Å². The van der Waals surface area contributed by atoms with Crippen LogP contribution in [0.1, 0.15) is 53.7 Å². The Labute approximate surface area is 126 Å². The van der Waals surface area contributed by atoms with E-state index in [-0.39, 0.29) is 11.5 Å². The molecule has 3 heterocycles. The van der Waals surface area contributed by atoms with Gasteiger partial charge in [-0.15, -0.1) is 0 Å². The number of carbonyl (C=O) groups excluding carboxylic acids is 1. The maximum absolute atomic E-state index is 12.7. The number of aromatic nitrogens is 1. The van der Waals surface area contributed by atoms with E-state index in [4.69, 9.17) is 4.74 Å². The van der Waals surface area contributed by atoms with Crippen molar-refractivity contribution in [1.82, 2.24) is 9.88 Å². The van der Waals surface area contributed by atoms with Gasteiger partial charge in [0.2, 0.25) is 0 Å². The molecule has 0 aromatic carbocycles. The summed E-state index contributed by atoms with van der Waals surface area (Å²) < 4.78 is 5.98. The van der Waals surface area contributed by atoms with Crippen molar-refractivity contribution in [2.75, 3.05) is 19.7 Å². The molecule has 4 nitrogen and oxygen atoms in total. The highest BCUT2D eigenvalue weighted by Gasteiger charge is 2.37. The molecule has 21 heavy (non-hydrogen) atoms. The van der Waals surface area contributed by atoms with Crippen LogP contribution >= 0.6 is 0 Å². The third-order valence-electron chi connectivity index (χ3n) is 4.96. The monoisotopic (exact) mass is 288 g/mol. The van der Waals surface area contributed by atoms with Crippen LogP contribution < -0.4 is 0 Å². The molecule has 1 unspecified atom stereocenters. The number of amides is 1. The van der Waals surface area contributed by atoms with Crippen molar-refractivity contribution >= 4 is 5.91 Å². The molecule has 1 amide bonds. The third-order valence-corrected chi connectivity index (χ3v) is 4.96. The number of aryl methyl sites for hydroxylation is 2. The Bertz CT molecular complexity index is 536. The second-order valence-corrected chi connectivity index (χ2v) is 6.41. The zero-order valence-electron chi connectivity index (χ0n) is 13.0. The Balaban J connectivity index is 1.71. The van der Waals surface area contributed by atoms with Crippen molar-refractivity contribution in [3.63, 3.8) is 0 Å². The van der Waals surface area contributed by atoms with Gasteiger partial charge in [0, 0.05) is 31.6 Å². The number of pyridine rings is 1. The number of hydrogen-bond acceptors (Lipinski definition) is 3. The molecular weight excluding hydrogens is 264 g/mol. The predicted octanol–water partition coefficient (Wildman–Crippen LogP) is 2.87. The maximum Gasteiger partial charge on any atom is 0.255 e. The SMILES string of the molecule is Cc1cc(C(=O)N2CCCC3(CCCO3)CC2)cnc1C. The van der Waals surface area contributed by atoms with Crippen molar-refractivity contribution in [1.29, 1.82) is 0 Å². The molecule has 0 bridgehead atoms. The largest absolute Gasteiger partial charge is 0.375 e. The van der Waals surface area contributed by atoms with Crippen LogP contribution in [0.2, 0.25) is 0 Å². The molecule has 0 radical (unpaired) electrons. The van der Waals surface area contributed by atoms with Gasteiger partial charge in [0.05, 0.1) is 11.2 Å². The van der Waals surface area contributed by atoms with Gasteiger partial charge in [-0.1, -0.05) is 0 Å². The predicted molar refractivity (Wildman–Crippen MR) is 81.4 cm³/mol. The van der Waals surface area contributed by atoms with Crippen LogP contribution in [-0.4, -0.2) is 41.1 Å². The summed E-state index contributed by atoms with van der Waals surface area (Å²) in [6.07, 6.45) is 7.11. The van der Waals surface area contributed by atoms with Crippen LogP contribution in [0.3, 0.4) is 0 Å². The molecule has 114 valence electrons. The number of ether oxygens (including phenoxy) is 1. The van der Waals surface area contributed by atoms with E-state index in [1.165, 1.54) is 0 Å². The molecular formula is C17H24N2O2. The van der Waals surface area contributed by atoms with E-state index < -0.39 is 0 Å². The summed E-state index contributed by atoms with van der Waals surface area (Å²) in [5.74, 6) is 0.112. The molecule has 0 N–H and O–H groups in total. The lowest BCUT2D eigenvalue weighted by Gasteiger charge is -2.27. The average Bonchev–Trinajstić information content (AvgIpc) is 2.83. The van der Waals surface area contributed by atoms with Gasteiger partial charge in [-0.05, 0) is 57.6 Å². The summed E-state index contributed by atoms with van der Waals surface area (Å²) in [5.41, 5.74) is 2.82. The van der Waals surface area contributed by atoms with Crippen molar-refractivity contribution in [2.24, 2.45) is 0 Å². The van der Waals surface area contributed by atoms with E-state index in [0.717, 1.165) is 63.1 Å². The minimum atomic E-state index is 0.0521. The molecule has 1 spiro atoms. The van der Waals surface area contributed by atoms with Gasteiger partial charge in [0.25, 0.3) is 5.91 Å². The summed E-state index contributed by atoms with van der Waals surface area (Å²) in [6, 6.07) is 1.96. The van der Waals surface area contributed by atoms with Gasteiger partial charge >= 0.3 is 0 Å². The molecule has 1 aromatic heterocycles. The molecule has 2 fully saturated rings. The van der Waals surface area contributed by atoms with Crippen molar-refractivity contribution < 1.29 is 9.53 Å². The molecule has 4 heteroatoms. The fourth-order valence-electron chi connectivity index (χ4n) is 3.46. The molecule has 2 saturated heterocycles. The topological polar surface area (TPSA) is 42.4 Å². The van der Waals surface area contributed by atoms with Crippen LogP contribution in [-0.2, 0) is 4.74 Å². The smallest absolute Gasteiger partial charge is 0.255 e. The quantitative estimate of drug-likeness (QED) is 0.798. The summed E-state index contributed by atoms with van der Waals surface area (Å²) >= 11 is 0. The Morgan fingerprint density at radius 2 is 2.05 bits per heavy atom. The van der Waals surface area contributed by atoms with E-state index in [9.17, 15) is 4.79 Å². The van der Waals surface area contributed by atoms with Gasteiger partial charge in [0.15, 0.2) is 0 Å². The first-order chi connectivity index (χ1) is 10.1. The third kappa shape index (κ3) is 2.95. The maximum atomic E-state index is 12.7. The minimum Gasteiger partial charge on any atom is -0.375 e. The Morgan fingerprint density at radius 3 is 2.76 bits per heavy atom. The number of nitrogens with zero attached hydrogens (tertiary/aromatic N) is 2. The molecule has 0 saturated carbocycles. The Kier molecular flexibility index (Phi) is 3.98. The van der Waals surface area contributed by atoms with Gasteiger partial charge in [0.1, 0.15) is 0 Å². The summed E-state index contributed by atoms with van der Waals surface area (Å²) in [6.45, 7) is 6.48. The van der Waals surface area contributed by atoms with Crippen molar-refractivity contribution in [2.45, 2.75) is 51.6 Å². The number of likely N-dealkylation sites (tertiary alicyclic amines) is 1. The zero-order valence-corrected chi connectivity index (χ0v) is 13.0.